The van der Waals surface area contributed by atoms with Crippen LogP contribution in [0.4, 0.5) is 0 Å². The Morgan fingerprint density at radius 1 is 1.47 bits per heavy atom. The minimum Gasteiger partial charge on any atom is -0.497 e. The highest BCUT2D eigenvalue weighted by Crippen LogP contribution is 2.32. The van der Waals surface area contributed by atoms with Gasteiger partial charge in [-0.15, -0.1) is 0 Å². The molecule has 1 aromatic rings. The molecule has 5 nitrogen and oxygen atoms in total. The van der Waals surface area contributed by atoms with E-state index in [0.717, 1.165) is 5.56 Å². The second-order valence-electron chi connectivity index (χ2n) is 4.27. The van der Waals surface area contributed by atoms with Crippen LogP contribution in [0.2, 0.25) is 0 Å². The van der Waals surface area contributed by atoms with E-state index in [4.69, 9.17) is 9.39 Å². The second kappa shape index (κ2) is 5.46. The van der Waals surface area contributed by atoms with Crippen molar-refractivity contribution in [2.45, 2.75) is 13.0 Å². The molecule has 1 atom stereocenters. The SMILES string of the molecule is COC(=O)/C=C(\C)C1OB(O)c2ccc(OC)cc21. The van der Waals surface area contributed by atoms with E-state index in [0.29, 0.717) is 16.8 Å². The molecule has 1 aromatic carbocycles. The van der Waals surface area contributed by atoms with Crippen LogP contribution in [-0.4, -0.2) is 32.3 Å². The van der Waals surface area contributed by atoms with Crippen molar-refractivity contribution in [1.82, 2.24) is 0 Å². The van der Waals surface area contributed by atoms with Crippen molar-refractivity contribution in [3.63, 3.8) is 0 Å². The van der Waals surface area contributed by atoms with Gasteiger partial charge in [-0.3, -0.25) is 0 Å². The summed E-state index contributed by atoms with van der Waals surface area (Å²) in [5.74, 6) is 0.222. The lowest BCUT2D eigenvalue weighted by Gasteiger charge is -2.13. The maximum absolute atomic E-state index is 11.3. The predicted octanol–water partition coefficient (Wildman–Crippen LogP) is 0.573. The summed E-state index contributed by atoms with van der Waals surface area (Å²) in [6.07, 6.45) is 0.880. The van der Waals surface area contributed by atoms with Crippen molar-refractivity contribution < 1.29 is 23.9 Å². The number of hydrogen-bond acceptors (Lipinski definition) is 5. The maximum atomic E-state index is 11.3. The summed E-state index contributed by atoms with van der Waals surface area (Å²) in [6.45, 7) is 1.75. The van der Waals surface area contributed by atoms with Gasteiger partial charge in [-0.1, -0.05) is 6.07 Å². The molecule has 0 radical (unpaired) electrons. The van der Waals surface area contributed by atoms with Crippen molar-refractivity contribution >= 4 is 18.6 Å². The Bertz CT molecular complexity index is 526. The Balaban J connectivity index is 2.37. The lowest BCUT2D eigenvalue weighted by atomic mass is 9.79. The molecule has 0 aliphatic carbocycles. The summed E-state index contributed by atoms with van der Waals surface area (Å²) in [5, 5.41) is 9.85. The molecule has 0 aromatic heterocycles. The topological polar surface area (TPSA) is 65.0 Å². The molecule has 1 N–H and O–H groups in total. The fraction of sp³-hybridized carbons (Fsp3) is 0.308. The number of hydrogen-bond donors (Lipinski definition) is 1. The van der Waals surface area contributed by atoms with Crippen molar-refractivity contribution in [3.05, 3.63) is 35.4 Å². The molecule has 1 heterocycles. The molecule has 0 spiro atoms. The normalized spacial score (nSPS) is 18.2. The first kappa shape index (κ1) is 13.6. The van der Waals surface area contributed by atoms with Crippen LogP contribution < -0.4 is 10.2 Å². The second-order valence-corrected chi connectivity index (χ2v) is 4.27. The summed E-state index contributed by atoms with van der Waals surface area (Å²) in [5.41, 5.74) is 2.14. The lowest BCUT2D eigenvalue weighted by Crippen LogP contribution is -2.27. The summed E-state index contributed by atoms with van der Waals surface area (Å²) < 4.78 is 15.2. The third kappa shape index (κ3) is 2.64. The maximum Gasteiger partial charge on any atom is 0.492 e. The van der Waals surface area contributed by atoms with Gasteiger partial charge in [0, 0.05) is 6.08 Å². The third-order valence-corrected chi connectivity index (χ3v) is 3.07. The number of carbonyl (C=O) groups excluding carboxylic acids is 1. The Morgan fingerprint density at radius 2 is 2.21 bits per heavy atom. The zero-order valence-corrected chi connectivity index (χ0v) is 11.0. The fourth-order valence-corrected chi connectivity index (χ4v) is 2.08. The fourth-order valence-electron chi connectivity index (χ4n) is 2.08. The molecule has 0 bridgehead atoms. The van der Waals surface area contributed by atoms with E-state index in [2.05, 4.69) is 4.74 Å². The zero-order valence-electron chi connectivity index (χ0n) is 11.0. The number of esters is 1. The summed E-state index contributed by atoms with van der Waals surface area (Å²) in [7, 11) is 1.89. The molecule has 0 saturated heterocycles. The van der Waals surface area contributed by atoms with Gasteiger partial charge in [-0.05, 0) is 35.7 Å². The van der Waals surface area contributed by atoms with Crippen molar-refractivity contribution in [3.8, 4) is 5.75 Å². The molecule has 0 amide bonds. The molecule has 100 valence electrons. The number of benzene rings is 1. The van der Waals surface area contributed by atoms with Gasteiger partial charge >= 0.3 is 13.1 Å². The summed E-state index contributed by atoms with van der Waals surface area (Å²) in [4.78, 5) is 11.3. The molecule has 6 heteroatoms. The number of rotatable bonds is 3. The average molecular weight is 262 g/mol. The van der Waals surface area contributed by atoms with E-state index < -0.39 is 19.2 Å². The minimum atomic E-state index is -0.994. The zero-order chi connectivity index (χ0) is 14.0. The lowest BCUT2D eigenvalue weighted by molar-refractivity contribution is -0.134. The predicted molar refractivity (Wildman–Crippen MR) is 70.2 cm³/mol. The van der Waals surface area contributed by atoms with Gasteiger partial charge in [0.15, 0.2) is 0 Å². The first-order chi connectivity index (χ1) is 9.06. The molecular formula is C13H15BO5. The Kier molecular flexibility index (Phi) is 3.92. The van der Waals surface area contributed by atoms with Crippen LogP contribution >= 0.6 is 0 Å². The average Bonchev–Trinajstić information content (AvgIpc) is 2.75. The van der Waals surface area contributed by atoms with E-state index >= 15 is 0 Å². The number of methoxy groups -OCH3 is 2. The summed E-state index contributed by atoms with van der Waals surface area (Å²) >= 11 is 0. The van der Waals surface area contributed by atoms with Crippen LogP contribution in [-0.2, 0) is 14.2 Å². The van der Waals surface area contributed by atoms with Crippen LogP contribution in [0.5, 0.6) is 5.75 Å². The molecular weight excluding hydrogens is 247 g/mol. The molecule has 0 fully saturated rings. The van der Waals surface area contributed by atoms with E-state index in [-0.39, 0.29) is 0 Å². The summed E-state index contributed by atoms with van der Waals surface area (Å²) in [6, 6.07) is 5.31. The number of fused-ring (bicyclic) bond motifs is 1. The monoisotopic (exact) mass is 262 g/mol. The van der Waals surface area contributed by atoms with Gasteiger partial charge in [-0.2, -0.15) is 0 Å². The smallest absolute Gasteiger partial charge is 0.492 e. The first-order valence-corrected chi connectivity index (χ1v) is 5.84. The quantitative estimate of drug-likeness (QED) is 0.490. The van der Waals surface area contributed by atoms with Crippen molar-refractivity contribution in [1.29, 1.82) is 0 Å². The van der Waals surface area contributed by atoms with E-state index in [1.165, 1.54) is 13.2 Å². The van der Waals surface area contributed by atoms with Crippen LogP contribution in [0.3, 0.4) is 0 Å². The van der Waals surface area contributed by atoms with Crippen LogP contribution in [0.1, 0.15) is 18.6 Å². The van der Waals surface area contributed by atoms with E-state index in [1.807, 2.05) is 0 Å². The van der Waals surface area contributed by atoms with Crippen molar-refractivity contribution in [2.75, 3.05) is 14.2 Å². The van der Waals surface area contributed by atoms with Gasteiger partial charge < -0.3 is 19.2 Å². The molecule has 1 aliphatic heterocycles. The van der Waals surface area contributed by atoms with Crippen LogP contribution in [0.25, 0.3) is 0 Å². The molecule has 1 unspecified atom stereocenters. The van der Waals surface area contributed by atoms with Gasteiger partial charge in [0.25, 0.3) is 0 Å². The Hall–Kier alpha value is -1.79. The Morgan fingerprint density at radius 3 is 2.84 bits per heavy atom. The Labute approximate surface area is 111 Å². The highest BCUT2D eigenvalue weighted by atomic mass is 16.5. The molecule has 19 heavy (non-hydrogen) atoms. The highest BCUT2D eigenvalue weighted by Gasteiger charge is 2.36. The van der Waals surface area contributed by atoms with Crippen molar-refractivity contribution in [2.24, 2.45) is 0 Å². The van der Waals surface area contributed by atoms with Gasteiger partial charge in [0.2, 0.25) is 0 Å². The number of ether oxygens (including phenoxy) is 2. The molecule has 1 aliphatic rings. The van der Waals surface area contributed by atoms with E-state index in [9.17, 15) is 9.82 Å². The van der Waals surface area contributed by atoms with Crippen LogP contribution in [0, 0.1) is 0 Å². The number of carbonyl (C=O) groups is 1. The molecule has 0 saturated carbocycles. The van der Waals surface area contributed by atoms with Gasteiger partial charge in [0.1, 0.15) is 5.75 Å². The first-order valence-electron chi connectivity index (χ1n) is 5.84. The highest BCUT2D eigenvalue weighted by molar-refractivity contribution is 6.61. The van der Waals surface area contributed by atoms with E-state index in [1.54, 1.807) is 32.2 Å². The van der Waals surface area contributed by atoms with Crippen LogP contribution in [0.15, 0.2) is 29.8 Å². The minimum absolute atomic E-state index is 0.452. The van der Waals surface area contributed by atoms with Gasteiger partial charge in [-0.25, -0.2) is 4.79 Å². The largest absolute Gasteiger partial charge is 0.497 e. The molecule has 2 rings (SSSR count). The standard InChI is InChI=1S/C13H15BO5/c1-8(6-12(15)18-3)13-10-7-9(17-2)4-5-11(10)14(16)19-13/h4-7,13,16H,1-3H3/b8-6+. The van der Waals surface area contributed by atoms with Gasteiger partial charge in [0.05, 0.1) is 20.3 Å². The third-order valence-electron chi connectivity index (χ3n) is 3.07.